The van der Waals surface area contributed by atoms with Crippen molar-refractivity contribution in [3.63, 3.8) is 0 Å². The van der Waals surface area contributed by atoms with Crippen molar-refractivity contribution < 1.29 is 38.5 Å². The van der Waals surface area contributed by atoms with Crippen LogP contribution in [0.5, 0.6) is 5.75 Å². The van der Waals surface area contributed by atoms with E-state index < -0.39 is 22.8 Å². The van der Waals surface area contributed by atoms with E-state index in [1.165, 1.54) is 5.57 Å². The summed E-state index contributed by atoms with van der Waals surface area (Å²) in [5.41, 5.74) is 2.05. The number of allylic oxidation sites excluding steroid dienone is 2. The molecule has 6 fully saturated rings. The highest BCUT2D eigenvalue weighted by atomic mass is 16.6. The van der Waals surface area contributed by atoms with Crippen LogP contribution in [0.25, 0.3) is 0 Å². The quantitative estimate of drug-likeness (QED) is 0.130. The predicted molar refractivity (Wildman–Crippen MR) is 248 cm³/mol. The minimum atomic E-state index is -0.826. The standard InChI is InChI=1S/C54H80N2O8/c1-32(2)43-39(57)29-54(25-26-55-31-48(3,4)56-45(58)33-12-14-34(15-13-33)63-35-20-27-62-30-35)24-23-52(10)36(44(43)54)16-17-41-51(9)21-19-42(50(7,8)40(51)18-22-53(41,52)11)64-47(61)38-28-37(46(59)60)49(38,5)6/h12-15,32,35-38,40-42,55H,16-31H2,1-11H3,(H,56,58)(H,59,60)/t35-,36-,37+,38-,40+,41-,42?,51?,52-,53-,54-/m1/s1. The van der Waals surface area contributed by atoms with Gasteiger partial charge in [0.05, 0.1) is 25.0 Å². The number of ether oxygens (including phenoxy) is 3. The Morgan fingerprint density at radius 1 is 0.859 bits per heavy atom. The largest absolute Gasteiger partial charge is 0.488 e. The highest BCUT2D eigenvalue weighted by Crippen LogP contribution is 2.77. The number of amides is 1. The minimum Gasteiger partial charge on any atom is -0.488 e. The van der Waals surface area contributed by atoms with Gasteiger partial charge in [0.15, 0.2) is 5.78 Å². The van der Waals surface area contributed by atoms with Crippen LogP contribution in [0, 0.1) is 68.0 Å². The Hall–Kier alpha value is -3.24. The minimum absolute atomic E-state index is 0.0612. The topological polar surface area (TPSA) is 140 Å². The Kier molecular flexibility index (Phi) is 12.2. The van der Waals surface area contributed by atoms with Crippen molar-refractivity contribution in [1.29, 1.82) is 0 Å². The van der Waals surface area contributed by atoms with Gasteiger partial charge in [-0.2, -0.15) is 0 Å². The van der Waals surface area contributed by atoms with Crippen LogP contribution in [0.2, 0.25) is 0 Å². The molecule has 8 rings (SSSR count). The zero-order valence-corrected chi connectivity index (χ0v) is 41.0. The maximum absolute atomic E-state index is 14.2. The molecule has 1 amide bonds. The van der Waals surface area contributed by atoms with E-state index >= 15 is 0 Å². The van der Waals surface area contributed by atoms with Gasteiger partial charge in [0.1, 0.15) is 18.0 Å². The monoisotopic (exact) mass is 885 g/mol. The lowest BCUT2D eigenvalue weighted by Crippen LogP contribution is -2.66. The number of carboxylic acid groups (broad SMARTS) is 1. The Bertz CT molecular complexity index is 2030. The number of aliphatic carboxylic acids is 1. The van der Waals surface area contributed by atoms with E-state index in [4.69, 9.17) is 14.2 Å². The summed E-state index contributed by atoms with van der Waals surface area (Å²) in [5, 5.41) is 16.7. The molecule has 6 aliphatic carbocycles. The van der Waals surface area contributed by atoms with Crippen LogP contribution < -0.4 is 15.4 Å². The number of benzene rings is 1. The van der Waals surface area contributed by atoms with Crippen molar-refractivity contribution in [2.45, 2.75) is 171 Å². The Morgan fingerprint density at radius 3 is 2.22 bits per heavy atom. The van der Waals surface area contributed by atoms with Crippen molar-refractivity contribution in [2.75, 3.05) is 26.3 Å². The van der Waals surface area contributed by atoms with Gasteiger partial charge in [-0.1, -0.05) is 67.9 Å². The molecule has 10 nitrogen and oxygen atoms in total. The number of carboxylic acids is 1. The van der Waals surface area contributed by atoms with Gasteiger partial charge in [0, 0.05) is 41.3 Å². The van der Waals surface area contributed by atoms with Crippen LogP contribution in [0.4, 0.5) is 0 Å². The molecule has 10 heteroatoms. The normalized spacial score (nSPS) is 38.6. The summed E-state index contributed by atoms with van der Waals surface area (Å²) in [7, 11) is 0. The highest BCUT2D eigenvalue weighted by molar-refractivity contribution is 6.00. The Balaban J connectivity index is 0.934. The second-order valence-electron chi connectivity index (χ2n) is 24.7. The number of rotatable bonds is 13. The average Bonchev–Trinajstić information content (AvgIpc) is 3.82. The lowest BCUT2D eigenvalue weighted by Gasteiger charge is -2.72. The van der Waals surface area contributed by atoms with E-state index in [-0.39, 0.29) is 63.0 Å². The Labute approximate surface area is 383 Å². The summed E-state index contributed by atoms with van der Waals surface area (Å²) in [6.07, 6.45) is 11.1. The number of fused-ring (bicyclic) bond motifs is 7. The van der Waals surface area contributed by atoms with Gasteiger partial charge in [0.25, 0.3) is 5.91 Å². The molecule has 1 aromatic rings. The molecule has 0 spiro atoms. The van der Waals surface area contributed by atoms with Gasteiger partial charge in [-0.15, -0.1) is 0 Å². The first-order valence-electron chi connectivity index (χ1n) is 25.0. The van der Waals surface area contributed by atoms with Gasteiger partial charge in [-0.05, 0) is 160 Å². The number of carbonyl (C=O) groups is 4. The van der Waals surface area contributed by atoms with Crippen molar-refractivity contribution in [1.82, 2.24) is 10.6 Å². The molecule has 3 N–H and O–H groups in total. The summed E-state index contributed by atoms with van der Waals surface area (Å²) in [4.78, 5) is 53.1. The van der Waals surface area contributed by atoms with Gasteiger partial charge in [-0.3, -0.25) is 19.2 Å². The molecule has 2 unspecified atom stereocenters. The molecule has 0 bridgehead atoms. The fourth-order valence-corrected chi connectivity index (χ4v) is 15.8. The SMILES string of the molecule is CC(C)C1=C2[C@H]3CC[C@@H]4C5(C)CCC(OC(=O)[C@H]6C[C@@H](C(=O)O)C6(C)C)C(C)(C)[C@@H]5CC[C@@]4(C)[C@]3(C)CC[C@@]2(CCNCC(C)(C)NC(=O)c2ccc(O[C@@H]3CCOC3)cc2)CC1=O. The van der Waals surface area contributed by atoms with Gasteiger partial charge in [-0.25, -0.2) is 0 Å². The molecule has 0 radical (unpaired) electrons. The number of hydrogen-bond donors (Lipinski definition) is 3. The molecule has 1 heterocycles. The second-order valence-corrected chi connectivity index (χ2v) is 24.7. The fraction of sp³-hybridized carbons (Fsp3) is 0.778. The van der Waals surface area contributed by atoms with Crippen LogP contribution >= 0.6 is 0 Å². The number of ketones is 1. The fourth-order valence-electron chi connectivity index (χ4n) is 15.8. The van der Waals surface area contributed by atoms with Crippen LogP contribution in [-0.2, 0) is 23.9 Å². The molecular weight excluding hydrogens is 805 g/mol. The number of esters is 1. The summed E-state index contributed by atoms with van der Waals surface area (Å²) in [5.74, 6) is 0.556. The number of Topliss-reactive ketones (excluding diaryl/α,β-unsaturated/α-hetero) is 1. The summed E-state index contributed by atoms with van der Waals surface area (Å²) < 4.78 is 17.9. The smallest absolute Gasteiger partial charge is 0.309 e. The van der Waals surface area contributed by atoms with E-state index in [2.05, 4.69) is 72.9 Å². The number of nitrogens with one attached hydrogen (secondary N) is 2. The molecule has 11 atom stereocenters. The highest BCUT2D eigenvalue weighted by Gasteiger charge is 2.70. The molecule has 64 heavy (non-hydrogen) atoms. The first kappa shape index (κ1) is 47.3. The summed E-state index contributed by atoms with van der Waals surface area (Å²) in [6.45, 7) is 27.5. The van der Waals surface area contributed by atoms with Crippen LogP contribution in [-0.4, -0.2) is 72.8 Å². The van der Waals surface area contributed by atoms with E-state index in [0.717, 1.165) is 88.7 Å². The molecule has 354 valence electrons. The van der Waals surface area contributed by atoms with Gasteiger partial charge >= 0.3 is 11.9 Å². The van der Waals surface area contributed by atoms with Crippen molar-refractivity contribution in [3.05, 3.63) is 41.0 Å². The third-order valence-electron chi connectivity index (χ3n) is 19.7. The first-order valence-corrected chi connectivity index (χ1v) is 25.0. The van der Waals surface area contributed by atoms with Crippen LogP contribution in [0.15, 0.2) is 35.4 Å². The molecule has 1 aliphatic heterocycles. The Morgan fingerprint density at radius 2 is 1.58 bits per heavy atom. The first-order chi connectivity index (χ1) is 29.9. The summed E-state index contributed by atoms with van der Waals surface area (Å²) in [6, 6.07) is 7.35. The predicted octanol–water partition coefficient (Wildman–Crippen LogP) is 9.98. The average molecular weight is 885 g/mol. The zero-order chi connectivity index (χ0) is 46.4. The van der Waals surface area contributed by atoms with E-state index in [1.807, 2.05) is 38.1 Å². The maximum atomic E-state index is 14.2. The maximum Gasteiger partial charge on any atom is 0.309 e. The lowest BCUT2D eigenvalue weighted by atomic mass is 9.33. The van der Waals surface area contributed by atoms with E-state index in [9.17, 15) is 24.3 Å². The van der Waals surface area contributed by atoms with E-state index in [0.29, 0.717) is 55.1 Å². The van der Waals surface area contributed by atoms with Crippen molar-refractivity contribution in [3.8, 4) is 5.75 Å². The molecule has 0 aromatic heterocycles. The van der Waals surface area contributed by atoms with Crippen molar-refractivity contribution >= 4 is 23.6 Å². The number of hydrogen-bond acceptors (Lipinski definition) is 8. The van der Waals surface area contributed by atoms with Gasteiger partial charge in [0.2, 0.25) is 0 Å². The van der Waals surface area contributed by atoms with E-state index in [1.54, 1.807) is 0 Å². The summed E-state index contributed by atoms with van der Waals surface area (Å²) >= 11 is 0. The van der Waals surface area contributed by atoms with Crippen LogP contribution in [0.3, 0.4) is 0 Å². The second kappa shape index (κ2) is 16.5. The van der Waals surface area contributed by atoms with Gasteiger partial charge < -0.3 is 30.0 Å². The van der Waals surface area contributed by atoms with Crippen molar-refractivity contribution in [2.24, 2.45) is 68.0 Å². The molecule has 7 aliphatic rings. The molecule has 1 saturated heterocycles. The third kappa shape index (κ3) is 7.68. The lowest BCUT2D eigenvalue weighted by molar-refractivity contribution is -0.236. The molecular formula is C54H80N2O8. The third-order valence-corrected chi connectivity index (χ3v) is 19.7. The van der Waals surface area contributed by atoms with Crippen LogP contribution in [0.1, 0.15) is 164 Å². The molecule has 5 saturated carbocycles. The number of carbonyl (C=O) groups excluding carboxylic acids is 3. The zero-order valence-electron chi connectivity index (χ0n) is 41.0. The molecule has 1 aromatic carbocycles.